The summed E-state index contributed by atoms with van der Waals surface area (Å²) in [4.78, 5) is 27.9. The number of carbonyl (C=O) groups excluding carboxylic acids is 2. The minimum Gasteiger partial charge on any atom is -0.462 e. The first-order valence-electron chi connectivity index (χ1n) is 10.4. The zero-order chi connectivity index (χ0) is 23.5. The van der Waals surface area contributed by atoms with Crippen molar-refractivity contribution in [1.29, 1.82) is 5.26 Å². The zero-order valence-electron chi connectivity index (χ0n) is 18.3. The maximum Gasteiger partial charge on any atom is 0.341 e. The Hall–Kier alpha value is -3.16. The molecule has 3 rings (SSSR count). The van der Waals surface area contributed by atoms with Gasteiger partial charge < -0.3 is 15.0 Å². The van der Waals surface area contributed by atoms with E-state index in [-0.39, 0.29) is 42.0 Å². The van der Waals surface area contributed by atoms with Crippen molar-refractivity contribution in [2.45, 2.75) is 38.5 Å². The van der Waals surface area contributed by atoms with E-state index in [1.54, 1.807) is 45.0 Å². The smallest absolute Gasteiger partial charge is 0.341 e. The number of ether oxygens (including phenoxy) is 1. The number of carbonyl (C=O) groups is 2. The topological polar surface area (TPSA) is 132 Å². The molecular formula is C22H26N4O5S. The van der Waals surface area contributed by atoms with Gasteiger partial charge in [-0.05, 0) is 51.8 Å². The van der Waals surface area contributed by atoms with Crippen molar-refractivity contribution in [2.24, 2.45) is 5.92 Å². The number of hydrogen-bond acceptors (Lipinski definition) is 6. The molecule has 1 amide bonds. The number of aromatic amines is 1. The Labute approximate surface area is 187 Å². The maximum atomic E-state index is 13.4. The first-order chi connectivity index (χ1) is 15.2. The van der Waals surface area contributed by atoms with Crippen molar-refractivity contribution in [3.8, 4) is 6.07 Å². The Morgan fingerprint density at radius 3 is 2.56 bits per heavy atom. The van der Waals surface area contributed by atoms with Crippen molar-refractivity contribution in [1.82, 2.24) is 9.29 Å². The van der Waals surface area contributed by atoms with Gasteiger partial charge in [-0.1, -0.05) is 6.07 Å². The van der Waals surface area contributed by atoms with Crippen LogP contribution in [0.25, 0.3) is 0 Å². The number of aryl methyl sites for hydroxylation is 2. The Balaban J connectivity index is 1.73. The van der Waals surface area contributed by atoms with Crippen LogP contribution < -0.4 is 5.32 Å². The van der Waals surface area contributed by atoms with E-state index in [4.69, 9.17) is 10.00 Å². The molecule has 1 aliphatic rings. The van der Waals surface area contributed by atoms with Gasteiger partial charge in [0.05, 0.1) is 18.2 Å². The van der Waals surface area contributed by atoms with Crippen LogP contribution in [-0.2, 0) is 19.6 Å². The first kappa shape index (κ1) is 23.5. The summed E-state index contributed by atoms with van der Waals surface area (Å²) in [6.07, 6.45) is 0.695. The average molecular weight is 459 g/mol. The predicted octanol–water partition coefficient (Wildman–Crippen LogP) is 2.72. The zero-order valence-corrected chi connectivity index (χ0v) is 19.1. The molecule has 2 N–H and O–H groups in total. The summed E-state index contributed by atoms with van der Waals surface area (Å²) in [5.41, 5.74) is 1.82. The molecule has 0 unspecified atom stereocenters. The minimum atomic E-state index is -3.95. The lowest BCUT2D eigenvalue weighted by Gasteiger charge is -2.30. The van der Waals surface area contributed by atoms with Crippen molar-refractivity contribution < 1.29 is 22.7 Å². The van der Waals surface area contributed by atoms with Crippen LogP contribution in [0.2, 0.25) is 0 Å². The van der Waals surface area contributed by atoms with Gasteiger partial charge in [0.15, 0.2) is 0 Å². The van der Waals surface area contributed by atoms with Crippen molar-refractivity contribution in [3.05, 3.63) is 46.8 Å². The standard InChI is InChI=1S/C22H26N4O5S/c1-4-31-22(28)19-14(2)24-15(3)20(19)32(29,30)26-10-8-17(9-11-26)21(27)25-18-7-5-6-16(12-18)13-23/h5-7,12,17,24H,4,8-11H2,1-3H3,(H,25,27). The number of nitriles is 1. The van der Waals surface area contributed by atoms with Gasteiger partial charge in [0, 0.05) is 36.1 Å². The Morgan fingerprint density at radius 2 is 1.94 bits per heavy atom. The van der Waals surface area contributed by atoms with E-state index < -0.39 is 16.0 Å². The Kier molecular flexibility index (Phi) is 7.01. The van der Waals surface area contributed by atoms with Crippen LogP contribution in [0.15, 0.2) is 29.2 Å². The van der Waals surface area contributed by atoms with E-state index in [1.807, 2.05) is 6.07 Å². The van der Waals surface area contributed by atoms with Gasteiger partial charge in [-0.25, -0.2) is 13.2 Å². The molecule has 10 heteroatoms. The average Bonchev–Trinajstić information content (AvgIpc) is 3.08. The minimum absolute atomic E-state index is 0.0293. The lowest BCUT2D eigenvalue weighted by atomic mass is 9.97. The van der Waals surface area contributed by atoms with Gasteiger partial charge in [0.2, 0.25) is 15.9 Å². The number of H-pyrrole nitrogens is 1. The molecule has 2 aromatic rings. The molecule has 0 radical (unpaired) electrons. The highest BCUT2D eigenvalue weighted by atomic mass is 32.2. The van der Waals surface area contributed by atoms with E-state index in [1.165, 1.54) is 4.31 Å². The molecule has 0 atom stereocenters. The van der Waals surface area contributed by atoms with Gasteiger partial charge in [-0.15, -0.1) is 0 Å². The summed E-state index contributed by atoms with van der Waals surface area (Å²) in [6, 6.07) is 8.65. The highest BCUT2D eigenvalue weighted by Gasteiger charge is 2.37. The van der Waals surface area contributed by atoms with Gasteiger partial charge in [0.1, 0.15) is 10.5 Å². The fourth-order valence-electron chi connectivity index (χ4n) is 3.93. The second-order valence-electron chi connectivity index (χ2n) is 7.66. The fraction of sp³-hybridized carbons (Fsp3) is 0.409. The number of amides is 1. The number of sulfonamides is 1. The van der Waals surface area contributed by atoms with E-state index in [0.717, 1.165) is 0 Å². The van der Waals surface area contributed by atoms with Crippen LogP contribution in [-0.4, -0.2) is 49.3 Å². The van der Waals surface area contributed by atoms with Crippen molar-refractivity contribution in [2.75, 3.05) is 25.0 Å². The summed E-state index contributed by atoms with van der Waals surface area (Å²) in [5.74, 6) is -1.24. The van der Waals surface area contributed by atoms with Gasteiger partial charge >= 0.3 is 5.97 Å². The SMILES string of the molecule is CCOC(=O)c1c(C)[nH]c(C)c1S(=O)(=O)N1CCC(C(=O)Nc2cccc(C#N)c2)CC1. The number of hydrogen-bond donors (Lipinski definition) is 2. The van der Waals surface area contributed by atoms with Crippen LogP contribution in [0.5, 0.6) is 0 Å². The van der Waals surface area contributed by atoms with Crippen LogP contribution in [0.1, 0.15) is 47.1 Å². The molecule has 0 saturated carbocycles. The number of aromatic nitrogens is 1. The van der Waals surface area contributed by atoms with E-state index in [9.17, 15) is 18.0 Å². The van der Waals surface area contributed by atoms with Crippen molar-refractivity contribution in [3.63, 3.8) is 0 Å². The van der Waals surface area contributed by atoms with Crippen LogP contribution in [0.3, 0.4) is 0 Å². The van der Waals surface area contributed by atoms with Crippen molar-refractivity contribution >= 4 is 27.6 Å². The number of nitrogens with zero attached hydrogens (tertiary/aromatic N) is 2. The third-order valence-electron chi connectivity index (χ3n) is 5.48. The molecule has 0 aliphatic carbocycles. The maximum absolute atomic E-state index is 13.4. The summed E-state index contributed by atoms with van der Waals surface area (Å²) in [6.45, 7) is 5.36. The summed E-state index contributed by atoms with van der Waals surface area (Å²) < 4.78 is 33.1. The molecule has 0 bridgehead atoms. The third kappa shape index (κ3) is 4.69. The van der Waals surface area contributed by atoms with E-state index in [2.05, 4.69) is 10.3 Å². The predicted molar refractivity (Wildman–Crippen MR) is 117 cm³/mol. The fourth-order valence-corrected chi connectivity index (χ4v) is 5.81. The Bertz CT molecular complexity index is 1170. The number of rotatable bonds is 6. The monoisotopic (exact) mass is 458 g/mol. The number of nitrogens with one attached hydrogen (secondary N) is 2. The molecule has 9 nitrogen and oxygen atoms in total. The summed E-state index contributed by atoms with van der Waals surface area (Å²) >= 11 is 0. The van der Waals surface area contributed by atoms with Gasteiger partial charge in [-0.3, -0.25) is 4.79 Å². The normalized spacial score (nSPS) is 15.2. The van der Waals surface area contributed by atoms with Crippen LogP contribution in [0.4, 0.5) is 5.69 Å². The van der Waals surface area contributed by atoms with Crippen LogP contribution >= 0.6 is 0 Å². The summed E-state index contributed by atoms with van der Waals surface area (Å²) in [5, 5.41) is 11.8. The second kappa shape index (κ2) is 9.54. The van der Waals surface area contributed by atoms with Crippen LogP contribution in [0, 0.1) is 31.1 Å². The Morgan fingerprint density at radius 1 is 1.25 bits per heavy atom. The molecule has 1 saturated heterocycles. The van der Waals surface area contributed by atoms with Gasteiger partial charge in [0.25, 0.3) is 0 Å². The number of esters is 1. The molecule has 2 heterocycles. The summed E-state index contributed by atoms with van der Waals surface area (Å²) in [7, 11) is -3.95. The first-order valence-corrected chi connectivity index (χ1v) is 11.8. The lowest BCUT2D eigenvalue weighted by Crippen LogP contribution is -2.41. The van der Waals surface area contributed by atoms with Gasteiger partial charge in [-0.2, -0.15) is 9.57 Å². The van der Waals surface area contributed by atoms with E-state index in [0.29, 0.717) is 35.5 Å². The number of piperidine rings is 1. The lowest BCUT2D eigenvalue weighted by molar-refractivity contribution is -0.120. The highest BCUT2D eigenvalue weighted by Crippen LogP contribution is 2.30. The molecule has 170 valence electrons. The number of benzene rings is 1. The largest absolute Gasteiger partial charge is 0.462 e. The molecule has 1 aromatic carbocycles. The molecular weight excluding hydrogens is 432 g/mol. The highest BCUT2D eigenvalue weighted by molar-refractivity contribution is 7.89. The second-order valence-corrected chi connectivity index (χ2v) is 9.53. The van der Waals surface area contributed by atoms with E-state index >= 15 is 0 Å². The molecule has 1 aliphatic heterocycles. The third-order valence-corrected chi connectivity index (χ3v) is 7.55. The molecule has 1 aromatic heterocycles. The number of anilines is 1. The molecule has 0 spiro atoms. The molecule has 32 heavy (non-hydrogen) atoms. The molecule has 1 fully saturated rings. The quantitative estimate of drug-likeness (QED) is 0.640.